The van der Waals surface area contributed by atoms with Crippen molar-refractivity contribution in [2.45, 2.75) is 45.6 Å². The van der Waals surface area contributed by atoms with Crippen molar-refractivity contribution in [1.29, 1.82) is 0 Å². The second-order valence-electron chi connectivity index (χ2n) is 5.28. The summed E-state index contributed by atoms with van der Waals surface area (Å²) in [6, 6.07) is 0. The molecule has 0 amide bonds. The summed E-state index contributed by atoms with van der Waals surface area (Å²) >= 11 is 0. The van der Waals surface area contributed by atoms with Gasteiger partial charge in [0, 0.05) is 37.1 Å². The van der Waals surface area contributed by atoms with Crippen molar-refractivity contribution in [3.63, 3.8) is 0 Å². The van der Waals surface area contributed by atoms with Crippen LogP contribution in [0.3, 0.4) is 0 Å². The Morgan fingerprint density at radius 3 is 2.50 bits per heavy atom. The van der Waals surface area contributed by atoms with Gasteiger partial charge in [0.1, 0.15) is 5.60 Å². The van der Waals surface area contributed by atoms with Gasteiger partial charge in [0.05, 0.1) is 0 Å². The minimum atomic E-state index is -0.628. The van der Waals surface area contributed by atoms with E-state index in [-0.39, 0.29) is 11.8 Å². The molecule has 0 unspecified atom stereocenters. The number of carbonyl (C=O) groups excluding carboxylic acids is 2. The van der Waals surface area contributed by atoms with Gasteiger partial charge in [0.2, 0.25) is 0 Å². The third-order valence-corrected chi connectivity index (χ3v) is 3.98. The molecule has 2 rings (SSSR count). The Bertz CT molecular complexity index is 403. The lowest BCUT2D eigenvalue weighted by Crippen LogP contribution is -2.47. The molecule has 0 aromatic heterocycles. The number of hydrogen-bond acceptors (Lipinski definition) is 4. The monoisotopic (exact) mass is 251 g/mol. The van der Waals surface area contributed by atoms with Gasteiger partial charge in [-0.25, -0.2) is 4.79 Å². The van der Waals surface area contributed by atoms with Gasteiger partial charge in [-0.2, -0.15) is 0 Å². The molecular weight excluding hydrogens is 230 g/mol. The fourth-order valence-corrected chi connectivity index (χ4v) is 3.14. The van der Waals surface area contributed by atoms with Gasteiger partial charge in [0.25, 0.3) is 0 Å². The first kappa shape index (κ1) is 13.3. The lowest BCUT2D eigenvalue weighted by Gasteiger charge is -2.39. The number of Topliss-reactive ketones (excluding diaryl/α,β-unsaturated/α-hetero) is 1. The average molecular weight is 251 g/mol. The number of ketones is 1. The summed E-state index contributed by atoms with van der Waals surface area (Å²) in [5.41, 5.74) is 0.493. The molecule has 2 aliphatic heterocycles. The first-order valence-electron chi connectivity index (χ1n) is 6.68. The largest absolute Gasteiger partial charge is 0.451 e. The Balaban J connectivity index is 2.19. The van der Waals surface area contributed by atoms with Crippen LogP contribution in [0, 0.1) is 0 Å². The zero-order chi connectivity index (χ0) is 13.3. The Labute approximate surface area is 108 Å². The lowest BCUT2D eigenvalue weighted by molar-refractivity contribution is -0.150. The molecular formula is C14H21NO3. The van der Waals surface area contributed by atoms with E-state index in [2.05, 4.69) is 11.8 Å². The molecule has 0 bridgehead atoms. The van der Waals surface area contributed by atoms with E-state index in [0.717, 1.165) is 38.9 Å². The van der Waals surface area contributed by atoms with Crippen molar-refractivity contribution in [3.8, 4) is 0 Å². The summed E-state index contributed by atoms with van der Waals surface area (Å²) < 4.78 is 5.54. The summed E-state index contributed by atoms with van der Waals surface area (Å²) in [6.45, 7) is 8.25. The van der Waals surface area contributed by atoms with E-state index in [0.29, 0.717) is 11.1 Å². The Morgan fingerprint density at radius 1 is 1.39 bits per heavy atom. The summed E-state index contributed by atoms with van der Waals surface area (Å²) in [6.07, 6.45) is 2.61. The van der Waals surface area contributed by atoms with Gasteiger partial charge in [-0.1, -0.05) is 6.92 Å². The van der Waals surface area contributed by atoms with Gasteiger partial charge in [-0.3, -0.25) is 4.79 Å². The molecule has 0 radical (unpaired) electrons. The van der Waals surface area contributed by atoms with Crippen LogP contribution >= 0.6 is 0 Å². The van der Waals surface area contributed by atoms with Crippen molar-refractivity contribution < 1.29 is 14.3 Å². The number of nitrogens with zero attached hydrogens (tertiary/aromatic N) is 1. The predicted octanol–water partition coefficient (Wildman–Crippen LogP) is 1.69. The zero-order valence-corrected chi connectivity index (χ0v) is 11.4. The van der Waals surface area contributed by atoms with Crippen LogP contribution in [0.25, 0.3) is 0 Å². The predicted molar refractivity (Wildman–Crippen MR) is 68.2 cm³/mol. The molecule has 0 aliphatic carbocycles. The van der Waals surface area contributed by atoms with E-state index >= 15 is 0 Å². The van der Waals surface area contributed by atoms with Gasteiger partial charge < -0.3 is 9.64 Å². The van der Waals surface area contributed by atoms with Crippen molar-refractivity contribution in [2.24, 2.45) is 0 Å². The molecule has 4 heteroatoms. The van der Waals surface area contributed by atoms with E-state index in [9.17, 15) is 9.59 Å². The number of rotatable bonds is 3. The van der Waals surface area contributed by atoms with Crippen molar-refractivity contribution in [2.75, 3.05) is 19.6 Å². The maximum atomic E-state index is 11.8. The molecule has 4 nitrogen and oxygen atoms in total. The van der Waals surface area contributed by atoms with Crippen LogP contribution in [-0.2, 0) is 14.3 Å². The molecule has 0 saturated carbocycles. The van der Waals surface area contributed by atoms with Crippen LogP contribution in [0.1, 0.15) is 40.0 Å². The number of likely N-dealkylation sites (tertiary alicyclic amines) is 1. The maximum Gasteiger partial charge on any atom is 0.335 e. The minimum absolute atomic E-state index is 0.0257. The molecule has 1 saturated heterocycles. The fraction of sp³-hybridized carbons (Fsp3) is 0.714. The zero-order valence-electron chi connectivity index (χ0n) is 11.4. The van der Waals surface area contributed by atoms with Crippen LogP contribution in [0.2, 0.25) is 0 Å². The van der Waals surface area contributed by atoms with E-state index < -0.39 is 5.60 Å². The number of ether oxygens (including phenoxy) is 1. The molecule has 0 atom stereocenters. The first-order valence-corrected chi connectivity index (χ1v) is 6.68. The molecule has 2 heterocycles. The van der Waals surface area contributed by atoms with Gasteiger partial charge >= 0.3 is 5.97 Å². The summed E-state index contributed by atoms with van der Waals surface area (Å²) in [7, 11) is 0. The smallest absolute Gasteiger partial charge is 0.335 e. The van der Waals surface area contributed by atoms with Crippen LogP contribution in [0.4, 0.5) is 0 Å². The number of hydrogen-bond donors (Lipinski definition) is 0. The van der Waals surface area contributed by atoms with Gasteiger partial charge in [-0.15, -0.1) is 0 Å². The Morgan fingerprint density at radius 2 is 2.00 bits per heavy atom. The molecule has 1 fully saturated rings. The van der Waals surface area contributed by atoms with Crippen LogP contribution in [0.5, 0.6) is 0 Å². The fourth-order valence-electron chi connectivity index (χ4n) is 3.14. The van der Waals surface area contributed by atoms with E-state index in [4.69, 9.17) is 4.74 Å². The minimum Gasteiger partial charge on any atom is -0.451 e. The topological polar surface area (TPSA) is 46.6 Å². The Kier molecular flexibility index (Phi) is 3.57. The highest BCUT2D eigenvalue weighted by molar-refractivity contribution is 6.07. The van der Waals surface area contributed by atoms with E-state index in [1.165, 1.54) is 6.92 Å². The van der Waals surface area contributed by atoms with Crippen LogP contribution in [-0.4, -0.2) is 41.9 Å². The van der Waals surface area contributed by atoms with Crippen LogP contribution in [0.15, 0.2) is 11.1 Å². The van der Waals surface area contributed by atoms with Crippen LogP contribution < -0.4 is 0 Å². The number of carbonyl (C=O) groups is 2. The quantitative estimate of drug-likeness (QED) is 0.716. The standard InChI is InChI=1S/C14H21NO3/c1-4-7-15-8-5-14(6-9-15)12(11(3)16)10(2)13(17)18-14/h4-9H2,1-3H3. The number of piperidine rings is 1. The SMILES string of the molecule is CCCN1CCC2(CC1)OC(=O)C(C)=C2C(C)=O. The van der Waals surface area contributed by atoms with E-state index in [1.54, 1.807) is 6.92 Å². The van der Waals surface area contributed by atoms with E-state index in [1.807, 2.05) is 0 Å². The van der Waals surface area contributed by atoms with Crippen molar-refractivity contribution in [1.82, 2.24) is 4.90 Å². The molecule has 0 aromatic carbocycles. The summed E-state index contributed by atoms with van der Waals surface area (Å²) in [4.78, 5) is 25.9. The number of esters is 1. The highest BCUT2D eigenvalue weighted by Crippen LogP contribution is 2.41. The molecule has 1 spiro atoms. The maximum absolute atomic E-state index is 11.8. The summed E-state index contributed by atoms with van der Waals surface area (Å²) in [5.74, 6) is -0.341. The molecule has 0 N–H and O–H groups in total. The molecule has 0 aromatic rings. The summed E-state index contributed by atoms with van der Waals surface area (Å²) in [5, 5.41) is 0. The van der Waals surface area contributed by atoms with Gasteiger partial charge in [-0.05, 0) is 26.8 Å². The van der Waals surface area contributed by atoms with Crippen molar-refractivity contribution in [3.05, 3.63) is 11.1 Å². The molecule has 18 heavy (non-hydrogen) atoms. The normalized spacial score (nSPS) is 23.6. The molecule has 2 aliphatic rings. The third-order valence-electron chi connectivity index (χ3n) is 3.98. The van der Waals surface area contributed by atoms with Crippen molar-refractivity contribution >= 4 is 11.8 Å². The second-order valence-corrected chi connectivity index (χ2v) is 5.28. The first-order chi connectivity index (χ1) is 8.50. The van der Waals surface area contributed by atoms with Gasteiger partial charge in [0.15, 0.2) is 5.78 Å². The third kappa shape index (κ3) is 2.09. The molecule has 100 valence electrons. The highest BCUT2D eigenvalue weighted by Gasteiger charge is 2.49. The Hall–Kier alpha value is -1.16. The second kappa shape index (κ2) is 4.84. The average Bonchev–Trinajstić information content (AvgIpc) is 2.55. The lowest BCUT2D eigenvalue weighted by atomic mass is 9.81. The highest BCUT2D eigenvalue weighted by atomic mass is 16.6.